The van der Waals surface area contributed by atoms with Crippen molar-refractivity contribution in [2.75, 3.05) is 6.61 Å². The molecule has 136 valence electrons. The van der Waals surface area contributed by atoms with Crippen LogP contribution in [-0.4, -0.2) is 43.3 Å². The zero-order chi connectivity index (χ0) is 18.5. The molecule has 0 aromatic carbocycles. The molecule has 24 heavy (non-hydrogen) atoms. The largest absolute Gasteiger partial charge is 0.480 e. The lowest BCUT2D eigenvalue weighted by atomic mass is 10.0. The predicted octanol–water partition coefficient (Wildman–Crippen LogP) is 1.80. The van der Waals surface area contributed by atoms with E-state index in [4.69, 9.17) is 5.11 Å². The van der Waals surface area contributed by atoms with E-state index in [0.29, 0.717) is 6.42 Å². The third-order valence-corrected chi connectivity index (χ3v) is 4.59. The van der Waals surface area contributed by atoms with Crippen molar-refractivity contribution in [2.45, 2.75) is 37.4 Å². The molecule has 0 spiro atoms. The zero-order valence-corrected chi connectivity index (χ0v) is 13.7. The van der Waals surface area contributed by atoms with E-state index in [1.165, 1.54) is 0 Å². The number of nitrogens with zero attached hydrogens (tertiary/aromatic N) is 1. The van der Waals surface area contributed by atoms with Gasteiger partial charge in [0.25, 0.3) is 0 Å². The number of alkyl halides is 3. The zero-order valence-electron chi connectivity index (χ0n) is 12.9. The highest BCUT2D eigenvalue weighted by atomic mass is 32.2. The normalized spacial score (nSPS) is 14.9. The molecule has 0 aliphatic carbocycles. The molecular weight excluding hydrogens is 353 g/mol. The molecule has 2 atom stereocenters. The summed E-state index contributed by atoms with van der Waals surface area (Å²) in [6.07, 6.45) is -3.31. The highest BCUT2D eigenvalue weighted by Crippen LogP contribution is 2.19. The van der Waals surface area contributed by atoms with E-state index in [2.05, 4.69) is 9.72 Å². The van der Waals surface area contributed by atoms with Crippen molar-refractivity contribution in [3.05, 3.63) is 18.3 Å². The van der Waals surface area contributed by atoms with Gasteiger partial charge in [0.2, 0.25) is 15.9 Å². The van der Waals surface area contributed by atoms with Crippen LogP contribution in [0.4, 0.5) is 13.2 Å². The minimum absolute atomic E-state index is 0.378. The molecule has 0 radical (unpaired) electrons. The van der Waals surface area contributed by atoms with Gasteiger partial charge in [0, 0.05) is 6.07 Å². The summed E-state index contributed by atoms with van der Waals surface area (Å²) in [5.41, 5.74) is 0. The maximum absolute atomic E-state index is 12.2. The van der Waals surface area contributed by atoms with Crippen LogP contribution in [-0.2, 0) is 14.8 Å². The number of nitrogens with one attached hydrogen (secondary N) is 1. The van der Waals surface area contributed by atoms with Gasteiger partial charge in [-0.15, -0.1) is 0 Å². The molecule has 2 N–H and O–H groups in total. The first-order valence-electron chi connectivity index (χ1n) is 6.87. The van der Waals surface area contributed by atoms with Crippen LogP contribution >= 0.6 is 0 Å². The number of rotatable bonds is 8. The highest BCUT2D eigenvalue weighted by molar-refractivity contribution is 7.89. The Morgan fingerprint density at radius 3 is 2.46 bits per heavy atom. The van der Waals surface area contributed by atoms with Gasteiger partial charge in [-0.1, -0.05) is 20.3 Å². The molecule has 0 saturated carbocycles. The Labute approximate surface area is 136 Å². The quantitative estimate of drug-likeness (QED) is 0.723. The molecule has 11 heteroatoms. The number of hydrogen-bond donors (Lipinski definition) is 2. The Morgan fingerprint density at radius 1 is 1.42 bits per heavy atom. The van der Waals surface area contributed by atoms with Crippen LogP contribution in [0.2, 0.25) is 0 Å². The topological polar surface area (TPSA) is 106 Å². The van der Waals surface area contributed by atoms with E-state index in [-0.39, 0.29) is 4.90 Å². The molecule has 0 aliphatic rings. The number of aromatic nitrogens is 1. The molecular formula is C13H17F3N2O5S. The number of aliphatic carboxylic acids is 1. The number of sulfonamides is 1. The van der Waals surface area contributed by atoms with E-state index in [0.717, 1.165) is 18.3 Å². The van der Waals surface area contributed by atoms with Crippen LogP contribution in [0.5, 0.6) is 5.88 Å². The van der Waals surface area contributed by atoms with Crippen molar-refractivity contribution in [3.63, 3.8) is 0 Å². The Kier molecular flexibility index (Phi) is 6.55. The van der Waals surface area contributed by atoms with Gasteiger partial charge in [-0.05, 0) is 12.0 Å². The molecule has 1 rings (SSSR count). The van der Waals surface area contributed by atoms with Gasteiger partial charge < -0.3 is 9.84 Å². The fourth-order valence-corrected chi connectivity index (χ4v) is 2.89. The van der Waals surface area contributed by atoms with Crippen molar-refractivity contribution in [3.8, 4) is 5.88 Å². The Balaban J connectivity index is 2.89. The monoisotopic (exact) mass is 370 g/mol. The average Bonchev–Trinajstić information content (AvgIpc) is 2.49. The molecule has 0 amide bonds. The fourth-order valence-electron chi connectivity index (χ4n) is 1.65. The predicted molar refractivity (Wildman–Crippen MR) is 77.0 cm³/mol. The summed E-state index contributed by atoms with van der Waals surface area (Å²) in [4.78, 5) is 14.3. The Morgan fingerprint density at radius 2 is 2.04 bits per heavy atom. The number of carboxylic acid groups (broad SMARTS) is 1. The van der Waals surface area contributed by atoms with Crippen LogP contribution < -0.4 is 9.46 Å². The summed E-state index contributed by atoms with van der Waals surface area (Å²) in [7, 11) is -4.19. The third kappa shape index (κ3) is 5.96. The molecule has 0 bridgehead atoms. The highest BCUT2D eigenvalue weighted by Gasteiger charge is 2.30. The van der Waals surface area contributed by atoms with E-state index in [1.807, 2.05) is 4.72 Å². The van der Waals surface area contributed by atoms with E-state index in [9.17, 15) is 26.4 Å². The lowest BCUT2D eigenvalue weighted by molar-refractivity contribution is -0.154. The molecule has 0 unspecified atom stereocenters. The number of carboxylic acids is 1. The summed E-state index contributed by atoms with van der Waals surface area (Å²) in [6.45, 7) is 1.73. The lowest BCUT2D eigenvalue weighted by Crippen LogP contribution is -2.44. The van der Waals surface area contributed by atoms with Gasteiger partial charge in [0.05, 0.1) is 6.20 Å². The second kappa shape index (κ2) is 7.79. The van der Waals surface area contributed by atoms with E-state index < -0.39 is 46.6 Å². The maximum Gasteiger partial charge on any atom is 0.422 e. The van der Waals surface area contributed by atoms with Crippen molar-refractivity contribution in [1.29, 1.82) is 0 Å². The van der Waals surface area contributed by atoms with Gasteiger partial charge in [-0.2, -0.15) is 17.9 Å². The van der Waals surface area contributed by atoms with Crippen LogP contribution in [0.25, 0.3) is 0 Å². The van der Waals surface area contributed by atoms with Crippen LogP contribution in [0.3, 0.4) is 0 Å². The van der Waals surface area contributed by atoms with Gasteiger partial charge in [-0.3, -0.25) is 4.79 Å². The second-order valence-electron chi connectivity index (χ2n) is 5.06. The summed E-state index contributed by atoms with van der Waals surface area (Å²) in [6, 6.07) is 0.608. The smallest absolute Gasteiger partial charge is 0.422 e. The Bertz CT molecular complexity index is 661. The number of halogens is 3. The minimum atomic E-state index is -4.54. The fraction of sp³-hybridized carbons (Fsp3) is 0.538. The van der Waals surface area contributed by atoms with Crippen LogP contribution in [0, 0.1) is 5.92 Å². The van der Waals surface area contributed by atoms with Crippen molar-refractivity contribution < 1.29 is 36.2 Å². The number of carbonyl (C=O) groups is 1. The summed E-state index contributed by atoms with van der Waals surface area (Å²) in [5, 5.41) is 9.11. The third-order valence-electron chi connectivity index (χ3n) is 3.16. The average molecular weight is 370 g/mol. The lowest BCUT2D eigenvalue weighted by Gasteiger charge is -2.20. The maximum atomic E-state index is 12.2. The Hall–Kier alpha value is -1.88. The molecule has 7 nitrogen and oxygen atoms in total. The van der Waals surface area contributed by atoms with Crippen molar-refractivity contribution >= 4 is 16.0 Å². The molecule has 0 saturated heterocycles. The van der Waals surface area contributed by atoms with Crippen LogP contribution in [0.15, 0.2) is 23.2 Å². The summed E-state index contributed by atoms with van der Waals surface area (Å²) >= 11 is 0. The number of pyridine rings is 1. The van der Waals surface area contributed by atoms with E-state index in [1.54, 1.807) is 13.8 Å². The first-order chi connectivity index (χ1) is 11.0. The molecule has 1 aromatic rings. The summed E-state index contributed by atoms with van der Waals surface area (Å²) in [5.74, 6) is -2.19. The molecule has 0 aliphatic heterocycles. The number of hydrogen-bond acceptors (Lipinski definition) is 5. The SMILES string of the molecule is CC[C@H](C)[C@H](NS(=O)(=O)c1ccc(OCC(F)(F)F)nc1)C(=O)O. The van der Waals surface area contributed by atoms with Gasteiger partial charge in [0.15, 0.2) is 6.61 Å². The standard InChI is InChI=1S/C13H17F3N2O5S/c1-3-8(2)11(12(19)20)18-24(21,22)9-4-5-10(17-6-9)23-7-13(14,15)16/h4-6,8,11,18H,3,7H2,1-2H3,(H,19,20)/t8-,11-/m0/s1. The molecule has 1 aromatic heterocycles. The van der Waals surface area contributed by atoms with E-state index >= 15 is 0 Å². The first kappa shape index (κ1) is 20.2. The van der Waals surface area contributed by atoms with Gasteiger partial charge >= 0.3 is 12.1 Å². The second-order valence-corrected chi connectivity index (χ2v) is 6.77. The van der Waals surface area contributed by atoms with Gasteiger partial charge in [0.1, 0.15) is 10.9 Å². The summed E-state index contributed by atoms with van der Waals surface area (Å²) < 4.78 is 66.8. The van der Waals surface area contributed by atoms with Crippen molar-refractivity contribution in [2.24, 2.45) is 5.92 Å². The molecule has 0 fully saturated rings. The van der Waals surface area contributed by atoms with Crippen molar-refractivity contribution in [1.82, 2.24) is 9.71 Å². The number of ether oxygens (including phenoxy) is 1. The van der Waals surface area contributed by atoms with Crippen LogP contribution in [0.1, 0.15) is 20.3 Å². The van der Waals surface area contributed by atoms with Gasteiger partial charge in [-0.25, -0.2) is 13.4 Å². The molecule has 1 heterocycles. The first-order valence-corrected chi connectivity index (χ1v) is 8.35. The minimum Gasteiger partial charge on any atom is -0.480 e.